The van der Waals surface area contributed by atoms with Crippen LogP contribution in [-0.4, -0.2) is 10.9 Å². The summed E-state index contributed by atoms with van der Waals surface area (Å²) in [5.41, 5.74) is 5.29. The number of rotatable bonds is 2. The Morgan fingerprint density at radius 2 is 1.83 bits per heavy atom. The molecule has 70 valence electrons. The number of nitrogens with one attached hydrogen (secondary N) is 1. The predicted molar refractivity (Wildman–Crippen MR) is 55.6 cm³/mol. The molecule has 3 N–H and O–H groups in total. The van der Waals surface area contributed by atoms with E-state index in [1.165, 1.54) is 50.3 Å². The van der Waals surface area contributed by atoms with E-state index in [1.54, 1.807) is 0 Å². The first-order valence-electron chi connectivity index (χ1n) is 4.76. The average molecular weight is 186 g/mol. The molecule has 0 radical (unpaired) electrons. The van der Waals surface area contributed by atoms with Crippen LogP contribution in [0.25, 0.3) is 0 Å². The number of nitrogens with two attached hydrogens (primary N) is 1. The van der Waals surface area contributed by atoms with Crippen molar-refractivity contribution in [2.45, 2.75) is 38.5 Å². The highest BCUT2D eigenvalue weighted by atomic mass is 32.2. The smallest absolute Gasteiger partial charge is 0.151 e. The third kappa shape index (κ3) is 4.00. The molecule has 1 fully saturated rings. The molecule has 0 saturated heterocycles. The number of hydrogen-bond donors (Lipinski definition) is 2. The maximum absolute atomic E-state index is 7.11. The zero-order chi connectivity index (χ0) is 8.81. The SMILES string of the molecule is N=C(N)SCC1CCCCCC1. The van der Waals surface area contributed by atoms with Gasteiger partial charge in [0.25, 0.3) is 0 Å². The summed E-state index contributed by atoms with van der Waals surface area (Å²) in [5.74, 6) is 1.89. The summed E-state index contributed by atoms with van der Waals surface area (Å²) >= 11 is 1.51. The van der Waals surface area contributed by atoms with Crippen molar-refractivity contribution in [3.8, 4) is 0 Å². The molecular formula is C9H18N2S. The maximum atomic E-state index is 7.11. The Morgan fingerprint density at radius 1 is 1.25 bits per heavy atom. The van der Waals surface area contributed by atoms with Crippen molar-refractivity contribution in [3.63, 3.8) is 0 Å². The van der Waals surface area contributed by atoms with Crippen molar-refractivity contribution in [3.05, 3.63) is 0 Å². The fraction of sp³-hybridized carbons (Fsp3) is 0.889. The lowest BCUT2D eigenvalue weighted by atomic mass is 10.0. The standard InChI is InChI=1S/C9H18N2S/c10-9(11)12-7-8-5-3-1-2-4-6-8/h8H,1-7H2,(H3,10,11). The first-order valence-corrected chi connectivity index (χ1v) is 5.74. The van der Waals surface area contributed by atoms with E-state index in [0.717, 1.165) is 11.7 Å². The third-order valence-corrected chi connectivity index (χ3v) is 3.40. The summed E-state index contributed by atoms with van der Waals surface area (Å²) in [6.45, 7) is 0. The van der Waals surface area contributed by atoms with Crippen LogP contribution in [0.1, 0.15) is 38.5 Å². The summed E-state index contributed by atoms with van der Waals surface area (Å²) in [6.07, 6.45) is 8.26. The van der Waals surface area contributed by atoms with Crippen molar-refractivity contribution < 1.29 is 0 Å². The molecule has 3 heteroatoms. The Balaban J connectivity index is 2.16. The van der Waals surface area contributed by atoms with Gasteiger partial charge in [-0.05, 0) is 18.8 Å². The topological polar surface area (TPSA) is 49.9 Å². The van der Waals surface area contributed by atoms with Crippen LogP contribution < -0.4 is 5.73 Å². The maximum Gasteiger partial charge on any atom is 0.151 e. The molecule has 0 amide bonds. The highest BCUT2D eigenvalue weighted by Crippen LogP contribution is 2.25. The van der Waals surface area contributed by atoms with Crippen LogP contribution in [-0.2, 0) is 0 Å². The van der Waals surface area contributed by atoms with Crippen molar-refractivity contribution in [1.29, 1.82) is 5.41 Å². The van der Waals surface area contributed by atoms with Crippen LogP contribution in [0.4, 0.5) is 0 Å². The summed E-state index contributed by atoms with van der Waals surface area (Å²) in [4.78, 5) is 0. The monoisotopic (exact) mass is 186 g/mol. The van der Waals surface area contributed by atoms with E-state index in [4.69, 9.17) is 11.1 Å². The van der Waals surface area contributed by atoms with Gasteiger partial charge in [-0.2, -0.15) is 0 Å². The largest absolute Gasteiger partial charge is 0.379 e. The van der Waals surface area contributed by atoms with Gasteiger partial charge in [-0.3, -0.25) is 5.41 Å². The quantitative estimate of drug-likeness (QED) is 0.395. The molecule has 0 unspecified atom stereocenters. The fourth-order valence-electron chi connectivity index (χ4n) is 1.74. The first kappa shape index (κ1) is 9.90. The van der Waals surface area contributed by atoms with Gasteiger partial charge in [0.05, 0.1) is 0 Å². The van der Waals surface area contributed by atoms with E-state index in [2.05, 4.69) is 0 Å². The lowest BCUT2D eigenvalue weighted by Gasteiger charge is -2.11. The van der Waals surface area contributed by atoms with Gasteiger partial charge in [0.2, 0.25) is 0 Å². The van der Waals surface area contributed by atoms with Crippen LogP contribution in [0.2, 0.25) is 0 Å². The number of thioether (sulfide) groups is 1. The van der Waals surface area contributed by atoms with Crippen molar-refractivity contribution in [2.24, 2.45) is 11.7 Å². The Labute approximate surface area is 78.8 Å². The third-order valence-electron chi connectivity index (χ3n) is 2.45. The summed E-state index contributed by atoms with van der Waals surface area (Å²) in [5, 5.41) is 7.39. The highest BCUT2D eigenvalue weighted by Gasteiger charge is 2.12. The first-order chi connectivity index (χ1) is 5.79. The molecule has 2 nitrogen and oxygen atoms in total. The zero-order valence-corrected chi connectivity index (χ0v) is 8.33. The average Bonchev–Trinajstić information content (AvgIpc) is 2.28. The van der Waals surface area contributed by atoms with Gasteiger partial charge in [-0.1, -0.05) is 37.4 Å². The van der Waals surface area contributed by atoms with E-state index in [-0.39, 0.29) is 5.17 Å². The van der Waals surface area contributed by atoms with Crippen LogP contribution in [0.15, 0.2) is 0 Å². The summed E-state index contributed by atoms with van der Waals surface area (Å²) in [7, 11) is 0. The predicted octanol–water partition coefficient (Wildman–Crippen LogP) is 2.58. The minimum Gasteiger partial charge on any atom is -0.379 e. The van der Waals surface area contributed by atoms with Crippen LogP contribution in [0.3, 0.4) is 0 Å². The molecule has 0 bridgehead atoms. The molecule has 0 aromatic carbocycles. The van der Waals surface area contributed by atoms with Gasteiger partial charge < -0.3 is 5.73 Å². The highest BCUT2D eigenvalue weighted by molar-refractivity contribution is 8.13. The lowest BCUT2D eigenvalue weighted by molar-refractivity contribution is 0.514. The van der Waals surface area contributed by atoms with Gasteiger partial charge in [0, 0.05) is 5.75 Å². The van der Waals surface area contributed by atoms with Crippen molar-refractivity contribution in [2.75, 3.05) is 5.75 Å². The molecule has 12 heavy (non-hydrogen) atoms. The second kappa shape index (κ2) is 5.46. The molecular weight excluding hydrogens is 168 g/mol. The van der Waals surface area contributed by atoms with Gasteiger partial charge >= 0.3 is 0 Å². The van der Waals surface area contributed by atoms with E-state index in [0.29, 0.717) is 0 Å². The zero-order valence-electron chi connectivity index (χ0n) is 7.51. The van der Waals surface area contributed by atoms with Gasteiger partial charge in [-0.25, -0.2) is 0 Å². The molecule has 0 heterocycles. The molecule has 1 rings (SSSR count). The van der Waals surface area contributed by atoms with E-state index >= 15 is 0 Å². The van der Waals surface area contributed by atoms with E-state index in [9.17, 15) is 0 Å². The summed E-state index contributed by atoms with van der Waals surface area (Å²) in [6, 6.07) is 0. The lowest BCUT2D eigenvalue weighted by Crippen LogP contribution is -2.09. The Hall–Kier alpha value is -0.180. The molecule has 0 aromatic heterocycles. The molecule has 1 aliphatic rings. The molecule has 0 aliphatic heterocycles. The Kier molecular flexibility index (Phi) is 4.51. The van der Waals surface area contributed by atoms with Crippen molar-refractivity contribution in [1.82, 2.24) is 0 Å². The molecule has 1 saturated carbocycles. The van der Waals surface area contributed by atoms with Gasteiger partial charge in [0.1, 0.15) is 0 Å². The van der Waals surface area contributed by atoms with E-state index in [1.807, 2.05) is 0 Å². The minimum absolute atomic E-state index is 0.277. The molecule has 1 aliphatic carbocycles. The number of amidine groups is 1. The molecule has 0 atom stereocenters. The normalized spacial score (nSPS) is 20.3. The molecule has 0 aromatic rings. The van der Waals surface area contributed by atoms with Gasteiger partial charge in [-0.15, -0.1) is 0 Å². The van der Waals surface area contributed by atoms with Crippen LogP contribution in [0, 0.1) is 11.3 Å². The van der Waals surface area contributed by atoms with Crippen LogP contribution in [0.5, 0.6) is 0 Å². The van der Waals surface area contributed by atoms with Crippen LogP contribution >= 0.6 is 11.8 Å². The van der Waals surface area contributed by atoms with E-state index < -0.39 is 0 Å². The fourth-order valence-corrected chi connectivity index (χ4v) is 2.49. The second-order valence-corrected chi connectivity index (χ2v) is 4.59. The Morgan fingerprint density at radius 3 is 2.33 bits per heavy atom. The van der Waals surface area contributed by atoms with Crippen molar-refractivity contribution >= 4 is 16.9 Å². The number of hydrogen-bond acceptors (Lipinski definition) is 2. The second-order valence-electron chi connectivity index (χ2n) is 3.53. The summed E-state index contributed by atoms with van der Waals surface area (Å²) < 4.78 is 0. The minimum atomic E-state index is 0.277. The Bertz CT molecular complexity index is 139. The molecule has 0 spiro atoms. The van der Waals surface area contributed by atoms with Gasteiger partial charge in [0.15, 0.2) is 5.17 Å².